The van der Waals surface area contributed by atoms with Crippen molar-refractivity contribution in [2.45, 2.75) is 6.10 Å². The van der Waals surface area contributed by atoms with Crippen LogP contribution in [-0.4, -0.2) is 16.6 Å². The van der Waals surface area contributed by atoms with E-state index >= 15 is 0 Å². The van der Waals surface area contributed by atoms with E-state index in [1.807, 2.05) is 18.2 Å². The average molecular weight is 211 g/mol. The summed E-state index contributed by atoms with van der Waals surface area (Å²) in [6.07, 6.45) is -0.638. The second-order valence-electron chi connectivity index (χ2n) is 3.21. The predicted octanol–water partition coefficient (Wildman–Crippen LogP) is 1.81. The van der Waals surface area contributed by atoms with Crippen molar-refractivity contribution in [1.82, 2.24) is 4.98 Å². The van der Waals surface area contributed by atoms with E-state index in [4.69, 9.17) is 17.3 Å². The molecule has 0 aliphatic carbocycles. The van der Waals surface area contributed by atoms with Crippen LogP contribution in [0.1, 0.15) is 11.8 Å². The van der Waals surface area contributed by atoms with E-state index in [9.17, 15) is 5.11 Å². The van der Waals surface area contributed by atoms with Gasteiger partial charge in [0.25, 0.3) is 0 Å². The van der Waals surface area contributed by atoms with Gasteiger partial charge in [0.2, 0.25) is 0 Å². The van der Waals surface area contributed by atoms with Crippen LogP contribution in [0, 0.1) is 0 Å². The van der Waals surface area contributed by atoms with E-state index in [1.54, 1.807) is 6.07 Å². The number of hydrogen-bond acceptors (Lipinski definition) is 2. The van der Waals surface area contributed by atoms with Crippen molar-refractivity contribution in [3.8, 4) is 0 Å². The molecule has 0 unspecified atom stereocenters. The predicted molar refractivity (Wildman–Crippen MR) is 57.3 cm³/mol. The number of benzene rings is 1. The molecule has 0 aliphatic heterocycles. The minimum Gasteiger partial charge on any atom is -0.386 e. The summed E-state index contributed by atoms with van der Waals surface area (Å²) in [4.78, 5) is 3.08. The van der Waals surface area contributed by atoms with Crippen LogP contribution >= 0.6 is 11.6 Å². The molecule has 4 heteroatoms. The topological polar surface area (TPSA) is 62.0 Å². The molecule has 1 aromatic carbocycles. The van der Waals surface area contributed by atoms with Crippen molar-refractivity contribution in [2.24, 2.45) is 5.73 Å². The molecule has 0 spiro atoms. The molecule has 1 atom stereocenters. The largest absolute Gasteiger partial charge is 0.386 e. The first-order chi connectivity index (χ1) is 6.70. The van der Waals surface area contributed by atoms with Gasteiger partial charge < -0.3 is 15.8 Å². The van der Waals surface area contributed by atoms with Gasteiger partial charge in [0, 0.05) is 28.2 Å². The highest BCUT2D eigenvalue weighted by molar-refractivity contribution is 6.31. The molecule has 0 bridgehead atoms. The highest BCUT2D eigenvalue weighted by atomic mass is 35.5. The summed E-state index contributed by atoms with van der Waals surface area (Å²) in [6, 6.07) is 7.39. The molecule has 1 heterocycles. The maximum atomic E-state index is 9.51. The molecule has 0 saturated carbocycles. The molecule has 4 N–H and O–H groups in total. The molecule has 2 rings (SSSR count). The van der Waals surface area contributed by atoms with E-state index in [0.717, 1.165) is 16.6 Å². The number of fused-ring (bicyclic) bond motifs is 1. The van der Waals surface area contributed by atoms with Gasteiger partial charge in [0.15, 0.2) is 0 Å². The molecule has 74 valence electrons. The van der Waals surface area contributed by atoms with Crippen LogP contribution in [0.3, 0.4) is 0 Å². The average Bonchev–Trinajstić information content (AvgIpc) is 2.59. The van der Waals surface area contributed by atoms with E-state index in [-0.39, 0.29) is 6.54 Å². The molecule has 0 radical (unpaired) electrons. The van der Waals surface area contributed by atoms with Crippen LogP contribution in [0.4, 0.5) is 0 Å². The number of nitrogens with one attached hydrogen (secondary N) is 1. The Morgan fingerprint density at radius 3 is 2.93 bits per heavy atom. The van der Waals surface area contributed by atoms with Gasteiger partial charge in [0.05, 0.1) is 0 Å². The summed E-state index contributed by atoms with van der Waals surface area (Å²) in [6.45, 7) is 0.209. The van der Waals surface area contributed by atoms with Gasteiger partial charge >= 0.3 is 0 Å². The summed E-state index contributed by atoms with van der Waals surface area (Å²) in [5.74, 6) is 0. The van der Waals surface area contributed by atoms with Crippen molar-refractivity contribution < 1.29 is 5.11 Å². The number of H-pyrrole nitrogens is 1. The Hall–Kier alpha value is -1.03. The number of rotatable bonds is 2. The molecule has 0 fully saturated rings. The van der Waals surface area contributed by atoms with Gasteiger partial charge in [0.1, 0.15) is 6.10 Å². The first kappa shape index (κ1) is 9.52. The van der Waals surface area contributed by atoms with Crippen LogP contribution in [0.5, 0.6) is 0 Å². The van der Waals surface area contributed by atoms with Crippen molar-refractivity contribution in [1.29, 1.82) is 0 Å². The van der Waals surface area contributed by atoms with E-state index in [0.29, 0.717) is 5.02 Å². The van der Waals surface area contributed by atoms with Crippen LogP contribution in [0.15, 0.2) is 24.3 Å². The van der Waals surface area contributed by atoms with Gasteiger partial charge in [-0.1, -0.05) is 11.6 Å². The molecule has 0 saturated heterocycles. The first-order valence-electron chi connectivity index (χ1n) is 4.37. The van der Waals surface area contributed by atoms with Gasteiger partial charge in [-0.3, -0.25) is 0 Å². The Morgan fingerprint density at radius 1 is 1.43 bits per heavy atom. The van der Waals surface area contributed by atoms with Crippen molar-refractivity contribution in [3.05, 3.63) is 35.0 Å². The van der Waals surface area contributed by atoms with E-state index < -0.39 is 6.10 Å². The van der Waals surface area contributed by atoms with Gasteiger partial charge in [-0.05, 0) is 24.3 Å². The van der Waals surface area contributed by atoms with Gasteiger partial charge in [-0.2, -0.15) is 0 Å². The molecule has 1 aromatic heterocycles. The fourth-order valence-electron chi connectivity index (χ4n) is 1.43. The minimum absolute atomic E-state index is 0.209. The number of hydrogen-bond donors (Lipinski definition) is 3. The van der Waals surface area contributed by atoms with Gasteiger partial charge in [-0.15, -0.1) is 0 Å². The lowest BCUT2D eigenvalue weighted by atomic mass is 10.2. The van der Waals surface area contributed by atoms with Crippen molar-refractivity contribution in [3.63, 3.8) is 0 Å². The maximum Gasteiger partial charge on any atom is 0.106 e. The zero-order valence-corrected chi connectivity index (χ0v) is 8.25. The standard InChI is InChI=1S/C10H11ClN2O/c11-7-1-2-8-6(3-7)4-9(13-8)10(14)5-12/h1-4,10,13-14H,5,12H2/t10-/m0/s1. The number of aromatic amines is 1. The number of aliphatic hydroxyl groups excluding tert-OH is 1. The van der Waals surface area contributed by atoms with Crippen LogP contribution in [0.2, 0.25) is 5.02 Å². The third-order valence-electron chi connectivity index (χ3n) is 2.19. The van der Waals surface area contributed by atoms with Crippen molar-refractivity contribution in [2.75, 3.05) is 6.54 Å². The molecule has 3 nitrogen and oxygen atoms in total. The summed E-state index contributed by atoms with van der Waals surface area (Å²) in [5, 5.41) is 11.2. The fraction of sp³-hybridized carbons (Fsp3) is 0.200. The minimum atomic E-state index is -0.638. The second kappa shape index (κ2) is 3.61. The summed E-state index contributed by atoms with van der Waals surface area (Å²) < 4.78 is 0. The fourth-order valence-corrected chi connectivity index (χ4v) is 1.61. The number of aromatic nitrogens is 1. The zero-order chi connectivity index (χ0) is 10.1. The Balaban J connectivity index is 2.51. The second-order valence-corrected chi connectivity index (χ2v) is 3.64. The quantitative estimate of drug-likeness (QED) is 0.708. The van der Waals surface area contributed by atoms with Crippen LogP contribution < -0.4 is 5.73 Å². The lowest BCUT2D eigenvalue weighted by molar-refractivity contribution is 0.183. The smallest absolute Gasteiger partial charge is 0.106 e. The monoisotopic (exact) mass is 210 g/mol. The maximum absolute atomic E-state index is 9.51. The summed E-state index contributed by atoms with van der Waals surface area (Å²) >= 11 is 5.84. The summed E-state index contributed by atoms with van der Waals surface area (Å²) in [5.41, 5.74) is 7.04. The van der Waals surface area contributed by atoms with Crippen LogP contribution in [0.25, 0.3) is 10.9 Å². The first-order valence-corrected chi connectivity index (χ1v) is 4.75. The van der Waals surface area contributed by atoms with E-state index in [1.165, 1.54) is 0 Å². The summed E-state index contributed by atoms with van der Waals surface area (Å²) in [7, 11) is 0. The molecular weight excluding hydrogens is 200 g/mol. The molecule has 2 aromatic rings. The SMILES string of the molecule is NC[C@H](O)c1cc2cc(Cl)ccc2[nH]1. The normalized spacial score (nSPS) is 13.4. The molecular formula is C10H11ClN2O. The lowest BCUT2D eigenvalue weighted by Gasteiger charge is -2.02. The zero-order valence-electron chi connectivity index (χ0n) is 7.50. The third kappa shape index (κ3) is 1.62. The highest BCUT2D eigenvalue weighted by Gasteiger charge is 2.08. The van der Waals surface area contributed by atoms with Gasteiger partial charge in [-0.25, -0.2) is 0 Å². The molecule has 0 aliphatic rings. The Bertz CT molecular complexity index is 452. The number of halogens is 1. The Kier molecular flexibility index (Phi) is 2.46. The molecule has 14 heavy (non-hydrogen) atoms. The van der Waals surface area contributed by atoms with Crippen LogP contribution in [-0.2, 0) is 0 Å². The van der Waals surface area contributed by atoms with Crippen molar-refractivity contribution >= 4 is 22.5 Å². The number of nitrogens with two attached hydrogens (primary N) is 1. The number of aliphatic hydroxyl groups is 1. The van der Waals surface area contributed by atoms with E-state index in [2.05, 4.69) is 4.98 Å². The Morgan fingerprint density at radius 2 is 2.21 bits per heavy atom. The highest BCUT2D eigenvalue weighted by Crippen LogP contribution is 2.22. The Labute approximate surface area is 86.5 Å². The third-order valence-corrected chi connectivity index (χ3v) is 2.42. The molecule has 0 amide bonds. The lowest BCUT2D eigenvalue weighted by Crippen LogP contribution is -2.11.